The second-order valence-electron chi connectivity index (χ2n) is 7.53. The van der Waals surface area contributed by atoms with Crippen molar-refractivity contribution in [1.29, 1.82) is 0 Å². The highest BCUT2D eigenvalue weighted by molar-refractivity contribution is 6.06. The molecular formula is C22H27N5O4. The van der Waals surface area contributed by atoms with Crippen molar-refractivity contribution in [3.05, 3.63) is 48.5 Å². The third kappa shape index (κ3) is 4.30. The van der Waals surface area contributed by atoms with Crippen LogP contribution >= 0.6 is 0 Å². The van der Waals surface area contributed by atoms with Crippen LogP contribution in [-0.2, 0) is 14.2 Å². The first-order chi connectivity index (χ1) is 15.1. The van der Waals surface area contributed by atoms with Crippen LogP contribution < -0.4 is 5.32 Å². The summed E-state index contributed by atoms with van der Waals surface area (Å²) >= 11 is 0. The lowest BCUT2D eigenvalue weighted by molar-refractivity contribution is -0.0707. The zero-order valence-electron chi connectivity index (χ0n) is 17.9. The highest BCUT2D eigenvalue weighted by Crippen LogP contribution is 2.38. The number of rotatable bonds is 8. The minimum Gasteiger partial charge on any atom is -0.382 e. The summed E-state index contributed by atoms with van der Waals surface area (Å²) in [6.45, 7) is 5.21. The molecule has 1 fully saturated rings. The Hall–Kier alpha value is -2.88. The first-order valence-electron chi connectivity index (χ1n) is 10.4. The molecule has 9 heteroatoms. The molecule has 31 heavy (non-hydrogen) atoms. The lowest BCUT2D eigenvalue weighted by Gasteiger charge is -2.22. The Morgan fingerprint density at radius 3 is 2.74 bits per heavy atom. The highest BCUT2D eigenvalue weighted by Gasteiger charge is 2.43. The standard InChI is InChI=1S/C22H27N5O4/c1-4-16-14(2)18(30-11-10-29-3)22(31-16)27-13-25-17-19(23-12-24-20(17)27)26-21(28)15-8-6-5-7-9-15/h5-9,12-14,16,18,22H,4,10-11H2,1-3H3,(H,23,24,26,28)/t14-,16-,18-,22-/m1/s1. The zero-order chi connectivity index (χ0) is 21.8. The van der Waals surface area contributed by atoms with Gasteiger partial charge in [0.2, 0.25) is 0 Å². The lowest BCUT2D eigenvalue weighted by Crippen LogP contribution is -2.29. The van der Waals surface area contributed by atoms with Gasteiger partial charge < -0.3 is 19.5 Å². The predicted octanol–water partition coefficient (Wildman–Crippen LogP) is 3.05. The molecule has 0 aliphatic carbocycles. The molecule has 1 aromatic carbocycles. The fraction of sp³-hybridized carbons (Fsp3) is 0.455. The van der Waals surface area contributed by atoms with Crippen LogP contribution in [0, 0.1) is 5.92 Å². The van der Waals surface area contributed by atoms with E-state index in [0.29, 0.717) is 35.8 Å². The maximum atomic E-state index is 12.6. The molecule has 4 atom stereocenters. The van der Waals surface area contributed by atoms with Gasteiger partial charge in [0, 0.05) is 18.6 Å². The number of amides is 1. The summed E-state index contributed by atoms with van der Waals surface area (Å²) in [6, 6.07) is 8.97. The molecule has 9 nitrogen and oxygen atoms in total. The molecule has 1 aliphatic rings. The van der Waals surface area contributed by atoms with Gasteiger partial charge in [0.1, 0.15) is 12.4 Å². The van der Waals surface area contributed by atoms with Gasteiger partial charge in [0.05, 0.1) is 25.6 Å². The Bertz CT molecular complexity index is 1030. The van der Waals surface area contributed by atoms with E-state index in [9.17, 15) is 4.79 Å². The molecule has 3 aromatic rings. The normalized spacial score (nSPS) is 23.3. The summed E-state index contributed by atoms with van der Waals surface area (Å²) in [5.41, 5.74) is 1.62. The van der Waals surface area contributed by atoms with Gasteiger partial charge in [-0.3, -0.25) is 9.36 Å². The largest absolute Gasteiger partial charge is 0.382 e. The van der Waals surface area contributed by atoms with Crippen molar-refractivity contribution in [2.45, 2.75) is 38.7 Å². The van der Waals surface area contributed by atoms with Gasteiger partial charge >= 0.3 is 0 Å². The van der Waals surface area contributed by atoms with Crippen LogP contribution in [0.15, 0.2) is 43.0 Å². The molecule has 164 valence electrons. The SMILES string of the molecule is CC[C@H]1O[C@@H](n2cnc3c(NC(=O)c4ccccc4)ncnc32)[C@H](OCCOC)[C@@H]1C. The topological polar surface area (TPSA) is 100 Å². The number of imidazole rings is 1. The van der Waals surface area contributed by atoms with Gasteiger partial charge in [-0.05, 0) is 18.6 Å². The highest BCUT2D eigenvalue weighted by atomic mass is 16.6. The fourth-order valence-electron chi connectivity index (χ4n) is 3.94. The molecular weight excluding hydrogens is 398 g/mol. The lowest BCUT2D eigenvalue weighted by atomic mass is 9.98. The molecule has 2 aromatic heterocycles. The molecule has 0 radical (unpaired) electrons. The van der Waals surface area contributed by atoms with Crippen molar-refractivity contribution in [3.63, 3.8) is 0 Å². The van der Waals surface area contributed by atoms with Crippen LogP contribution in [0.2, 0.25) is 0 Å². The van der Waals surface area contributed by atoms with E-state index in [1.165, 1.54) is 6.33 Å². The second kappa shape index (κ2) is 9.51. The molecule has 0 saturated carbocycles. The maximum absolute atomic E-state index is 12.6. The zero-order valence-corrected chi connectivity index (χ0v) is 17.9. The van der Waals surface area contributed by atoms with Crippen LogP contribution in [0.3, 0.4) is 0 Å². The van der Waals surface area contributed by atoms with Crippen molar-refractivity contribution < 1.29 is 19.0 Å². The molecule has 1 amide bonds. The quantitative estimate of drug-likeness (QED) is 0.554. The van der Waals surface area contributed by atoms with Crippen LogP contribution in [0.1, 0.15) is 36.9 Å². The Labute approximate surface area is 180 Å². The maximum Gasteiger partial charge on any atom is 0.256 e. The fourth-order valence-corrected chi connectivity index (χ4v) is 3.94. The number of hydrogen-bond acceptors (Lipinski definition) is 7. The third-order valence-corrected chi connectivity index (χ3v) is 5.60. The molecule has 0 unspecified atom stereocenters. The number of carbonyl (C=O) groups excluding carboxylic acids is 1. The average Bonchev–Trinajstić information content (AvgIpc) is 3.36. The summed E-state index contributed by atoms with van der Waals surface area (Å²) in [7, 11) is 1.65. The van der Waals surface area contributed by atoms with E-state index in [2.05, 4.69) is 34.1 Å². The first kappa shape index (κ1) is 21.4. The van der Waals surface area contributed by atoms with E-state index in [-0.39, 0.29) is 30.3 Å². The molecule has 0 spiro atoms. The third-order valence-electron chi connectivity index (χ3n) is 5.60. The van der Waals surface area contributed by atoms with E-state index in [1.807, 2.05) is 22.8 Å². The number of benzene rings is 1. The monoisotopic (exact) mass is 425 g/mol. The van der Waals surface area contributed by atoms with Crippen molar-refractivity contribution in [2.75, 3.05) is 25.6 Å². The number of nitrogens with zero attached hydrogens (tertiary/aromatic N) is 4. The van der Waals surface area contributed by atoms with E-state index in [1.54, 1.807) is 25.6 Å². The first-order valence-corrected chi connectivity index (χ1v) is 10.4. The van der Waals surface area contributed by atoms with Crippen molar-refractivity contribution in [3.8, 4) is 0 Å². The molecule has 3 heterocycles. The van der Waals surface area contributed by atoms with E-state index in [4.69, 9.17) is 14.2 Å². The Morgan fingerprint density at radius 2 is 2.00 bits per heavy atom. The summed E-state index contributed by atoms with van der Waals surface area (Å²) in [5.74, 6) is 0.295. The van der Waals surface area contributed by atoms with E-state index in [0.717, 1.165) is 6.42 Å². The van der Waals surface area contributed by atoms with Gasteiger partial charge in [-0.2, -0.15) is 0 Å². The average molecular weight is 425 g/mol. The number of hydrogen-bond donors (Lipinski definition) is 1. The van der Waals surface area contributed by atoms with Gasteiger partial charge in [0.25, 0.3) is 5.91 Å². The van der Waals surface area contributed by atoms with Crippen LogP contribution in [0.5, 0.6) is 0 Å². The van der Waals surface area contributed by atoms with Crippen LogP contribution in [-0.4, -0.2) is 58.0 Å². The number of anilines is 1. The van der Waals surface area contributed by atoms with Crippen molar-refractivity contribution in [1.82, 2.24) is 19.5 Å². The van der Waals surface area contributed by atoms with E-state index < -0.39 is 0 Å². The molecule has 0 bridgehead atoms. The Balaban J connectivity index is 1.62. The summed E-state index contributed by atoms with van der Waals surface area (Å²) in [5, 5.41) is 2.83. The van der Waals surface area contributed by atoms with Crippen molar-refractivity contribution >= 4 is 22.9 Å². The smallest absolute Gasteiger partial charge is 0.256 e. The van der Waals surface area contributed by atoms with Gasteiger partial charge in [-0.1, -0.05) is 32.0 Å². The van der Waals surface area contributed by atoms with Gasteiger partial charge in [-0.25, -0.2) is 15.0 Å². The Kier molecular flexibility index (Phi) is 6.55. The summed E-state index contributed by atoms with van der Waals surface area (Å²) < 4.78 is 19.4. The minimum absolute atomic E-state index is 0.0640. The number of methoxy groups -OCH3 is 1. The summed E-state index contributed by atoms with van der Waals surface area (Å²) in [4.78, 5) is 25.7. The number of carbonyl (C=O) groups is 1. The minimum atomic E-state index is -0.380. The number of aromatic nitrogens is 4. The summed E-state index contributed by atoms with van der Waals surface area (Å²) in [6.07, 6.45) is 3.47. The number of nitrogens with one attached hydrogen (secondary N) is 1. The van der Waals surface area contributed by atoms with Gasteiger partial charge in [0.15, 0.2) is 23.2 Å². The predicted molar refractivity (Wildman–Crippen MR) is 115 cm³/mol. The number of ether oxygens (including phenoxy) is 3. The molecule has 1 saturated heterocycles. The van der Waals surface area contributed by atoms with Crippen LogP contribution in [0.4, 0.5) is 5.82 Å². The van der Waals surface area contributed by atoms with Gasteiger partial charge in [-0.15, -0.1) is 0 Å². The molecule has 1 aliphatic heterocycles. The van der Waals surface area contributed by atoms with Crippen molar-refractivity contribution in [2.24, 2.45) is 5.92 Å². The van der Waals surface area contributed by atoms with Crippen LogP contribution in [0.25, 0.3) is 11.2 Å². The number of fused-ring (bicyclic) bond motifs is 1. The Morgan fingerprint density at radius 1 is 1.19 bits per heavy atom. The molecule has 4 rings (SSSR count). The second-order valence-corrected chi connectivity index (χ2v) is 7.53. The van der Waals surface area contributed by atoms with E-state index >= 15 is 0 Å². The molecule has 1 N–H and O–H groups in total.